The highest BCUT2D eigenvalue weighted by Crippen LogP contribution is 2.31. The molecule has 0 aromatic heterocycles. The number of ether oxygens (including phenoxy) is 1. The smallest absolute Gasteiger partial charge is 0.279 e. The number of hydrogen-bond donors (Lipinski definition) is 1. The van der Waals surface area contributed by atoms with E-state index in [-0.39, 0.29) is 19.1 Å². The van der Waals surface area contributed by atoms with Crippen molar-refractivity contribution in [2.75, 3.05) is 12.9 Å². The summed E-state index contributed by atoms with van der Waals surface area (Å²) < 4.78 is 6.90. The van der Waals surface area contributed by atoms with Crippen molar-refractivity contribution in [1.29, 1.82) is 0 Å². The maximum absolute atomic E-state index is 13.4. The third-order valence-corrected chi connectivity index (χ3v) is 6.11. The Balaban J connectivity index is 1.52. The van der Waals surface area contributed by atoms with E-state index in [0.717, 1.165) is 17.5 Å². The lowest BCUT2D eigenvalue weighted by atomic mass is 10.0. The normalized spacial score (nSPS) is 16.8. The molecule has 9 heteroatoms. The second-order valence-corrected chi connectivity index (χ2v) is 8.42. The van der Waals surface area contributed by atoms with E-state index < -0.39 is 24.0 Å². The van der Waals surface area contributed by atoms with Crippen LogP contribution in [0.4, 0.5) is 0 Å². The van der Waals surface area contributed by atoms with Gasteiger partial charge in [0.15, 0.2) is 18.8 Å². The average molecular weight is 492 g/mol. The number of benzene rings is 3. The molecule has 3 aromatic carbocycles. The predicted molar refractivity (Wildman–Crippen MR) is 132 cm³/mol. The molecule has 35 heavy (non-hydrogen) atoms. The van der Waals surface area contributed by atoms with Crippen LogP contribution in [0.15, 0.2) is 91.0 Å². The average Bonchev–Trinajstić information content (AvgIpc) is 2.91. The van der Waals surface area contributed by atoms with E-state index in [9.17, 15) is 14.4 Å². The Morgan fingerprint density at radius 3 is 2.17 bits per heavy atom. The van der Waals surface area contributed by atoms with E-state index in [0.29, 0.717) is 11.3 Å². The number of carbonyl (C=O) groups excluding carboxylic acids is 3. The van der Waals surface area contributed by atoms with Gasteiger partial charge in [0, 0.05) is 11.8 Å². The first kappa shape index (κ1) is 24.3. The highest BCUT2D eigenvalue weighted by Gasteiger charge is 2.54. The molecule has 3 aromatic rings. The third kappa shape index (κ3) is 5.82. The van der Waals surface area contributed by atoms with Gasteiger partial charge >= 0.3 is 0 Å². The zero-order valence-corrected chi connectivity index (χ0v) is 19.9. The fourth-order valence-corrected chi connectivity index (χ4v) is 4.29. The van der Waals surface area contributed by atoms with Gasteiger partial charge in [-0.2, -0.15) is 5.06 Å². The van der Waals surface area contributed by atoms with Crippen molar-refractivity contribution in [1.82, 2.24) is 14.7 Å². The minimum absolute atomic E-state index is 0.115. The first-order valence-electron chi connectivity index (χ1n) is 11.0. The molecule has 180 valence electrons. The standard InChI is InChI=1S/C26H25N3O5S/c1-35-29-24(23(26(29)32)27-22(30)18-33-21-15-9-4-10-16-21)28(25(31)20-13-7-3-8-14-20)34-17-19-11-5-2-6-12-19/h2-16,23-24H,17-18H2,1H3,(H,27,30)/t23-,24+/m0/s1. The van der Waals surface area contributed by atoms with Crippen LogP contribution in [0, 0.1) is 0 Å². The number of β-lactam (4-membered cyclic amide) rings is 1. The minimum Gasteiger partial charge on any atom is -0.484 e. The molecule has 0 unspecified atom stereocenters. The summed E-state index contributed by atoms with van der Waals surface area (Å²) in [5.41, 5.74) is 1.26. The van der Waals surface area contributed by atoms with Crippen molar-refractivity contribution in [3.05, 3.63) is 102 Å². The summed E-state index contributed by atoms with van der Waals surface area (Å²) in [4.78, 5) is 44.8. The van der Waals surface area contributed by atoms with Crippen LogP contribution in [-0.4, -0.2) is 52.2 Å². The van der Waals surface area contributed by atoms with E-state index >= 15 is 0 Å². The molecule has 1 fully saturated rings. The van der Waals surface area contributed by atoms with Gasteiger partial charge in [-0.3, -0.25) is 23.5 Å². The van der Waals surface area contributed by atoms with E-state index in [1.165, 1.54) is 9.37 Å². The number of para-hydroxylation sites is 1. The first-order chi connectivity index (χ1) is 17.1. The number of nitrogens with one attached hydrogen (secondary N) is 1. The van der Waals surface area contributed by atoms with Gasteiger partial charge in [-0.05, 0) is 41.8 Å². The topological polar surface area (TPSA) is 88.2 Å². The zero-order chi connectivity index (χ0) is 24.6. The number of hydroxylamine groups is 2. The van der Waals surface area contributed by atoms with Gasteiger partial charge in [0.1, 0.15) is 12.4 Å². The Bertz CT molecular complexity index is 1150. The van der Waals surface area contributed by atoms with Crippen molar-refractivity contribution in [2.45, 2.75) is 18.8 Å². The molecule has 0 radical (unpaired) electrons. The van der Waals surface area contributed by atoms with Gasteiger partial charge < -0.3 is 10.1 Å². The minimum atomic E-state index is -0.974. The van der Waals surface area contributed by atoms with Crippen molar-refractivity contribution in [2.24, 2.45) is 0 Å². The molecule has 4 rings (SSSR count). The second kappa shape index (κ2) is 11.5. The molecule has 0 bridgehead atoms. The van der Waals surface area contributed by atoms with Crippen LogP contribution in [0.25, 0.3) is 0 Å². The van der Waals surface area contributed by atoms with Crippen molar-refractivity contribution >= 4 is 29.7 Å². The van der Waals surface area contributed by atoms with Crippen LogP contribution in [0.2, 0.25) is 0 Å². The van der Waals surface area contributed by atoms with Crippen LogP contribution >= 0.6 is 11.9 Å². The third-order valence-electron chi connectivity index (χ3n) is 5.32. The summed E-state index contributed by atoms with van der Waals surface area (Å²) in [6.07, 6.45) is 0.888. The molecule has 0 aliphatic carbocycles. The van der Waals surface area contributed by atoms with E-state index in [1.807, 2.05) is 42.5 Å². The van der Waals surface area contributed by atoms with Gasteiger partial charge in [0.25, 0.3) is 17.7 Å². The maximum Gasteiger partial charge on any atom is 0.279 e. The van der Waals surface area contributed by atoms with Crippen LogP contribution in [0.1, 0.15) is 15.9 Å². The zero-order valence-electron chi connectivity index (χ0n) is 19.1. The van der Waals surface area contributed by atoms with E-state index in [2.05, 4.69) is 5.32 Å². The maximum atomic E-state index is 13.4. The highest BCUT2D eigenvalue weighted by molar-refractivity contribution is 7.96. The molecule has 2 atom stereocenters. The molecule has 0 spiro atoms. The molecular formula is C26H25N3O5S. The van der Waals surface area contributed by atoms with Gasteiger partial charge in [-0.1, -0.05) is 66.7 Å². The Kier molecular flexibility index (Phi) is 8.02. The van der Waals surface area contributed by atoms with Crippen LogP contribution in [0.5, 0.6) is 5.75 Å². The molecule has 1 aliphatic rings. The summed E-state index contributed by atoms with van der Waals surface area (Å²) >= 11 is 1.16. The van der Waals surface area contributed by atoms with Crippen LogP contribution < -0.4 is 10.1 Å². The number of nitrogens with zero attached hydrogens (tertiary/aromatic N) is 2. The van der Waals surface area contributed by atoms with E-state index in [4.69, 9.17) is 9.57 Å². The van der Waals surface area contributed by atoms with Crippen molar-refractivity contribution in [3.8, 4) is 5.75 Å². The second-order valence-electron chi connectivity index (χ2n) is 7.66. The van der Waals surface area contributed by atoms with Gasteiger partial charge in [0.2, 0.25) is 0 Å². The molecular weight excluding hydrogens is 466 g/mol. The number of amides is 3. The number of hydrogen-bond acceptors (Lipinski definition) is 6. The molecule has 1 N–H and O–H groups in total. The van der Waals surface area contributed by atoms with Gasteiger partial charge in [0.05, 0.1) is 0 Å². The lowest BCUT2D eigenvalue weighted by molar-refractivity contribution is -0.210. The largest absolute Gasteiger partial charge is 0.484 e. The first-order valence-corrected chi connectivity index (χ1v) is 12.2. The summed E-state index contributed by atoms with van der Waals surface area (Å²) in [7, 11) is 0. The highest BCUT2D eigenvalue weighted by atomic mass is 32.2. The SMILES string of the molecule is CSN1C(=O)[C@@H](NC(=O)COc2ccccc2)[C@@H]1N(OCc1ccccc1)C(=O)c1ccccc1. The van der Waals surface area contributed by atoms with E-state index in [1.54, 1.807) is 54.8 Å². The Morgan fingerprint density at radius 1 is 0.943 bits per heavy atom. The van der Waals surface area contributed by atoms with Crippen LogP contribution in [-0.2, 0) is 21.0 Å². The monoisotopic (exact) mass is 491 g/mol. The molecule has 1 saturated heterocycles. The number of rotatable bonds is 10. The fraction of sp³-hybridized carbons (Fsp3) is 0.192. The van der Waals surface area contributed by atoms with Crippen molar-refractivity contribution in [3.63, 3.8) is 0 Å². The molecule has 3 amide bonds. The quantitative estimate of drug-likeness (QED) is 0.266. The summed E-state index contributed by atoms with van der Waals surface area (Å²) in [5, 5.41) is 3.86. The summed E-state index contributed by atoms with van der Waals surface area (Å²) in [6.45, 7) is -0.151. The Morgan fingerprint density at radius 2 is 1.54 bits per heavy atom. The lowest BCUT2D eigenvalue weighted by Gasteiger charge is -2.49. The van der Waals surface area contributed by atoms with Crippen LogP contribution in [0.3, 0.4) is 0 Å². The van der Waals surface area contributed by atoms with Crippen molar-refractivity contribution < 1.29 is 24.0 Å². The predicted octanol–water partition coefficient (Wildman–Crippen LogP) is 3.27. The Labute approximate surface area is 207 Å². The van der Waals surface area contributed by atoms with Gasteiger partial charge in [-0.25, -0.2) is 0 Å². The molecule has 1 aliphatic heterocycles. The number of carbonyl (C=O) groups is 3. The summed E-state index contributed by atoms with van der Waals surface area (Å²) in [6, 6.07) is 26.0. The Hall–Kier alpha value is -3.82. The molecule has 8 nitrogen and oxygen atoms in total. The van der Waals surface area contributed by atoms with Gasteiger partial charge in [-0.15, -0.1) is 0 Å². The molecule has 1 heterocycles. The molecule has 0 saturated carbocycles. The summed E-state index contributed by atoms with van der Waals surface area (Å²) in [5.74, 6) is -0.687. The fourth-order valence-electron chi connectivity index (χ4n) is 3.58. The lowest BCUT2D eigenvalue weighted by Crippen LogP contribution is -2.74.